The second kappa shape index (κ2) is 2.57. The Morgan fingerprint density at radius 2 is 2.27 bits per heavy atom. The summed E-state index contributed by atoms with van der Waals surface area (Å²) < 4.78 is 0. The lowest BCUT2D eigenvalue weighted by Crippen LogP contribution is -2.00. The Bertz CT molecular complexity index is 276. The van der Waals surface area contributed by atoms with E-state index in [1.165, 1.54) is 12.1 Å². The fourth-order valence-corrected chi connectivity index (χ4v) is 0.818. The Morgan fingerprint density at radius 3 is 2.73 bits per heavy atom. The molecule has 0 atom stereocenters. The number of carbonyl (C=O) groups is 1. The van der Waals surface area contributed by atoms with Gasteiger partial charge in [-0.1, -0.05) is 0 Å². The zero-order valence-electron chi connectivity index (χ0n) is 6.03. The van der Waals surface area contributed by atoms with Crippen LogP contribution in [0.5, 0.6) is 0 Å². The molecular weight excluding hydrogens is 144 g/mol. The maximum Gasteiger partial charge on any atom is 0.335 e. The van der Waals surface area contributed by atoms with E-state index in [0.717, 1.165) is 0 Å². The number of rotatable bonds is 1. The first kappa shape index (κ1) is 7.53. The molecule has 0 aliphatic heterocycles. The number of aryl methyl sites for hydroxylation is 1. The van der Waals surface area contributed by atoms with Gasteiger partial charge in [-0.2, -0.15) is 0 Å². The molecule has 0 saturated carbocycles. The minimum Gasteiger partial charge on any atom is -0.478 e. The van der Waals surface area contributed by atoms with Crippen LogP contribution in [0.1, 0.15) is 16.1 Å². The van der Waals surface area contributed by atoms with Crippen molar-refractivity contribution in [3.8, 4) is 0 Å². The molecule has 0 spiro atoms. The Morgan fingerprint density at radius 1 is 1.64 bits per heavy atom. The van der Waals surface area contributed by atoms with Gasteiger partial charge >= 0.3 is 5.97 Å². The lowest BCUT2D eigenvalue weighted by molar-refractivity contribution is 0.0696. The first-order valence-electron chi connectivity index (χ1n) is 3.07. The molecule has 0 bridgehead atoms. The Balaban J connectivity index is 3.19. The van der Waals surface area contributed by atoms with E-state index < -0.39 is 5.97 Å². The third-order valence-electron chi connectivity index (χ3n) is 1.22. The molecule has 4 nitrogen and oxygen atoms in total. The van der Waals surface area contributed by atoms with Crippen molar-refractivity contribution in [3.05, 3.63) is 23.4 Å². The van der Waals surface area contributed by atoms with Crippen LogP contribution in [0.3, 0.4) is 0 Å². The van der Waals surface area contributed by atoms with Gasteiger partial charge in [0, 0.05) is 5.69 Å². The monoisotopic (exact) mass is 152 g/mol. The summed E-state index contributed by atoms with van der Waals surface area (Å²) in [6.07, 6.45) is 0. The van der Waals surface area contributed by atoms with Crippen molar-refractivity contribution in [2.24, 2.45) is 0 Å². The van der Waals surface area contributed by atoms with E-state index in [0.29, 0.717) is 5.69 Å². The second-order valence-electron chi connectivity index (χ2n) is 2.23. The summed E-state index contributed by atoms with van der Waals surface area (Å²) in [6, 6.07) is 2.80. The highest BCUT2D eigenvalue weighted by Gasteiger charge is 2.03. The fraction of sp³-hybridized carbons (Fsp3) is 0.143. The SMILES string of the molecule is Cc1cc(C(=O)O)cc(N)n1. The molecule has 4 heteroatoms. The predicted molar refractivity (Wildman–Crippen MR) is 40.3 cm³/mol. The molecule has 0 amide bonds. The largest absolute Gasteiger partial charge is 0.478 e. The number of nitrogens with two attached hydrogens (primary N) is 1. The topological polar surface area (TPSA) is 76.2 Å². The van der Waals surface area contributed by atoms with Crippen molar-refractivity contribution >= 4 is 11.8 Å². The van der Waals surface area contributed by atoms with Crippen molar-refractivity contribution in [3.63, 3.8) is 0 Å². The summed E-state index contributed by atoms with van der Waals surface area (Å²) in [5.74, 6) is -0.746. The van der Waals surface area contributed by atoms with Crippen LogP contribution in [0.2, 0.25) is 0 Å². The normalized spacial score (nSPS) is 9.55. The number of nitrogen functional groups attached to an aromatic ring is 1. The van der Waals surface area contributed by atoms with Crippen LogP contribution in [-0.2, 0) is 0 Å². The van der Waals surface area contributed by atoms with Crippen LogP contribution in [0.15, 0.2) is 12.1 Å². The zero-order valence-corrected chi connectivity index (χ0v) is 6.03. The average Bonchev–Trinajstić information content (AvgIpc) is 1.85. The van der Waals surface area contributed by atoms with Gasteiger partial charge in [-0.25, -0.2) is 9.78 Å². The Kier molecular flexibility index (Phi) is 1.76. The maximum atomic E-state index is 10.4. The van der Waals surface area contributed by atoms with Gasteiger partial charge in [-0.05, 0) is 19.1 Å². The van der Waals surface area contributed by atoms with Crippen molar-refractivity contribution in [1.29, 1.82) is 0 Å². The number of aromatic carboxylic acids is 1. The highest BCUT2D eigenvalue weighted by Crippen LogP contribution is 2.06. The van der Waals surface area contributed by atoms with Crippen molar-refractivity contribution in [2.75, 3.05) is 5.73 Å². The maximum absolute atomic E-state index is 10.4. The summed E-state index contributed by atoms with van der Waals surface area (Å²) in [5, 5.41) is 8.55. The number of nitrogens with zero attached hydrogens (tertiary/aromatic N) is 1. The van der Waals surface area contributed by atoms with Gasteiger partial charge in [0.1, 0.15) is 5.82 Å². The average molecular weight is 152 g/mol. The van der Waals surface area contributed by atoms with Gasteiger partial charge in [0.15, 0.2) is 0 Å². The predicted octanol–water partition coefficient (Wildman–Crippen LogP) is 0.670. The minimum absolute atomic E-state index is 0.176. The molecule has 1 aromatic heterocycles. The molecule has 0 unspecified atom stereocenters. The molecule has 3 N–H and O–H groups in total. The van der Waals surface area contributed by atoms with Gasteiger partial charge in [0.2, 0.25) is 0 Å². The number of hydrogen-bond acceptors (Lipinski definition) is 3. The first-order valence-corrected chi connectivity index (χ1v) is 3.07. The number of carboxylic acid groups (broad SMARTS) is 1. The molecule has 0 aliphatic rings. The van der Waals surface area contributed by atoms with E-state index in [-0.39, 0.29) is 11.4 Å². The summed E-state index contributed by atoms with van der Waals surface area (Å²) >= 11 is 0. The summed E-state index contributed by atoms with van der Waals surface area (Å²) in [6.45, 7) is 1.70. The quantitative estimate of drug-likeness (QED) is 0.620. The van der Waals surface area contributed by atoms with Crippen molar-refractivity contribution < 1.29 is 9.90 Å². The lowest BCUT2D eigenvalue weighted by atomic mass is 10.2. The minimum atomic E-state index is -0.984. The number of carboxylic acids is 1. The third-order valence-corrected chi connectivity index (χ3v) is 1.22. The molecule has 0 saturated heterocycles. The molecule has 0 fully saturated rings. The van der Waals surface area contributed by atoms with Crippen LogP contribution < -0.4 is 5.73 Å². The fourth-order valence-electron chi connectivity index (χ4n) is 0.818. The molecule has 58 valence electrons. The smallest absolute Gasteiger partial charge is 0.335 e. The Hall–Kier alpha value is -1.58. The van der Waals surface area contributed by atoms with Crippen LogP contribution in [0, 0.1) is 6.92 Å². The lowest BCUT2D eigenvalue weighted by Gasteiger charge is -1.97. The number of anilines is 1. The van der Waals surface area contributed by atoms with Crippen LogP contribution in [0.4, 0.5) is 5.82 Å². The van der Waals surface area contributed by atoms with E-state index in [4.69, 9.17) is 10.8 Å². The summed E-state index contributed by atoms with van der Waals surface area (Å²) in [5.41, 5.74) is 6.11. The van der Waals surface area contributed by atoms with Crippen LogP contribution >= 0.6 is 0 Å². The highest BCUT2D eigenvalue weighted by molar-refractivity contribution is 5.88. The Labute approximate surface area is 63.7 Å². The first-order chi connectivity index (χ1) is 5.09. The van der Waals surface area contributed by atoms with Gasteiger partial charge in [-0.15, -0.1) is 0 Å². The number of hydrogen-bond donors (Lipinski definition) is 2. The zero-order chi connectivity index (χ0) is 8.43. The molecule has 0 aliphatic carbocycles. The summed E-state index contributed by atoms with van der Waals surface area (Å²) in [4.78, 5) is 14.3. The molecule has 0 radical (unpaired) electrons. The van der Waals surface area contributed by atoms with Crippen molar-refractivity contribution in [1.82, 2.24) is 4.98 Å². The molecule has 1 heterocycles. The standard InChI is InChI=1S/C7H8N2O2/c1-4-2-5(7(10)11)3-6(8)9-4/h2-3H,1H3,(H2,8,9)(H,10,11). The van der Waals surface area contributed by atoms with Gasteiger partial charge in [-0.3, -0.25) is 0 Å². The molecule has 11 heavy (non-hydrogen) atoms. The van der Waals surface area contributed by atoms with Crippen molar-refractivity contribution in [2.45, 2.75) is 6.92 Å². The third kappa shape index (κ3) is 1.67. The second-order valence-corrected chi connectivity index (χ2v) is 2.23. The molecule has 1 aromatic rings. The van der Waals surface area contributed by atoms with Gasteiger partial charge in [0.05, 0.1) is 5.56 Å². The molecule has 1 rings (SSSR count). The van der Waals surface area contributed by atoms with Gasteiger partial charge in [0.25, 0.3) is 0 Å². The highest BCUT2D eigenvalue weighted by atomic mass is 16.4. The van der Waals surface area contributed by atoms with E-state index in [1.54, 1.807) is 6.92 Å². The number of aromatic nitrogens is 1. The van der Waals surface area contributed by atoms with Crippen LogP contribution in [0.25, 0.3) is 0 Å². The number of pyridine rings is 1. The van der Waals surface area contributed by atoms with Crippen LogP contribution in [-0.4, -0.2) is 16.1 Å². The molecular formula is C7H8N2O2. The molecule has 0 aromatic carbocycles. The van der Waals surface area contributed by atoms with E-state index in [2.05, 4.69) is 4.98 Å². The summed E-state index contributed by atoms with van der Waals surface area (Å²) in [7, 11) is 0. The van der Waals surface area contributed by atoms with E-state index >= 15 is 0 Å². The van der Waals surface area contributed by atoms with Gasteiger partial charge < -0.3 is 10.8 Å². The van der Waals surface area contributed by atoms with E-state index in [9.17, 15) is 4.79 Å². The van der Waals surface area contributed by atoms with E-state index in [1.807, 2.05) is 0 Å².